The summed E-state index contributed by atoms with van der Waals surface area (Å²) in [5.74, 6) is 0. The van der Waals surface area contributed by atoms with Crippen LogP contribution >= 0.6 is 0 Å². The number of nitrogens with zero attached hydrogens (tertiary/aromatic N) is 1. The number of alkyl halides is 6. The molecule has 0 radical (unpaired) electrons. The first-order valence-electron chi connectivity index (χ1n) is 9.31. The van der Waals surface area contributed by atoms with Crippen molar-refractivity contribution in [3.05, 3.63) is 64.8 Å². The van der Waals surface area contributed by atoms with Crippen molar-refractivity contribution in [1.29, 1.82) is 0 Å². The molecule has 1 atom stereocenters. The average Bonchev–Trinajstić information content (AvgIpc) is 3.02. The second-order valence-corrected chi connectivity index (χ2v) is 7.20. The molecule has 4 nitrogen and oxygen atoms in total. The highest BCUT2D eigenvalue weighted by Gasteiger charge is 2.37. The summed E-state index contributed by atoms with van der Waals surface area (Å²) in [6.45, 7) is 2.17. The summed E-state index contributed by atoms with van der Waals surface area (Å²) in [6.07, 6.45) is -9.97. The number of nitrogens with one attached hydrogen (secondary N) is 1. The SMILES string of the molecule is C[C@@H]1OCCc2c1n(C(=O)Nc1cc(C(F)(F)F)cc(C(F)(F)F)c1)c1ccccc21. The molecule has 2 aromatic carbocycles. The highest BCUT2D eigenvalue weighted by Crippen LogP contribution is 2.39. The van der Waals surface area contributed by atoms with Crippen LogP contribution in [0.3, 0.4) is 0 Å². The molecule has 0 aliphatic carbocycles. The van der Waals surface area contributed by atoms with Crippen LogP contribution in [0.15, 0.2) is 42.5 Å². The number of hydrogen-bond acceptors (Lipinski definition) is 2. The van der Waals surface area contributed by atoms with Crippen molar-refractivity contribution >= 4 is 22.6 Å². The van der Waals surface area contributed by atoms with Gasteiger partial charge in [0.05, 0.1) is 35.0 Å². The number of hydrogen-bond donors (Lipinski definition) is 1. The molecule has 1 aromatic heterocycles. The normalized spacial score (nSPS) is 16.9. The van der Waals surface area contributed by atoms with Gasteiger partial charge in [0.2, 0.25) is 0 Å². The first-order chi connectivity index (χ1) is 14.5. The molecule has 0 saturated carbocycles. The summed E-state index contributed by atoms with van der Waals surface area (Å²) in [5.41, 5.74) is -1.74. The molecular weight excluding hydrogens is 426 g/mol. The lowest BCUT2D eigenvalue weighted by molar-refractivity contribution is -0.143. The zero-order chi connectivity index (χ0) is 22.6. The number of amides is 1. The molecule has 4 rings (SSSR count). The molecule has 2 heterocycles. The largest absolute Gasteiger partial charge is 0.416 e. The summed E-state index contributed by atoms with van der Waals surface area (Å²) < 4.78 is 85.6. The molecule has 10 heteroatoms. The van der Waals surface area contributed by atoms with Gasteiger partial charge < -0.3 is 10.1 Å². The van der Waals surface area contributed by atoms with Gasteiger partial charge in [0, 0.05) is 11.1 Å². The van der Waals surface area contributed by atoms with E-state index >= 15 is 0 Å². The van der Waals surface area contributed by atoms with E-state index in [0.717, 1.165) is 10.9 Å². The molecule has 1 aliphatic heterocycles. The van der Waals surface area contributed by atoms with Crippen LogP contribution in [0.5, 0.6) is 0 Å². The van der Waals surface area contributed by atoms with Gasteiger partial charge in [0.1, 0.15) is 0 Å². The van der Waals surface area contributed by atoms with Gasteiger partial charge in [0.25, 0.3) is 0 Å². The number of carbonyl (C=O) groups excluding carboxylic acids is 1. The Hall–Kier alpha value is -3.01. The molecule has 0 saturated heterocycles. The van der Waals surface area contributed by atoms with E-state index in [4.69, 9.17) is 4.74 Å². The summed E-state index contributed by atoms with van der Waals surface area (Å²) >= 11 is 0. The van der Waals surface area contributed by atoms with Gasteiger partial charge in [-0.15, -0.1) is 0 Å². The van der Waals surface area contributed by atoms with Gasteiger partial charge in [-0.05, 0) is 43.2 Å². The third kappa shape index (κ3) is 3.87. The second kappa shape index (κ2) is 7.30. The Morgan fingerprint density at radius 2 is 1.65 bits per heavy atom. The number of halogens is 6. The second-order valence-electron chi connectivity index (χ2n) is 7.20. The molecule has 3 aromatic rings. The maximum absolute atomic E-state index is 13.1. The van der Waals surface area contributed by atoms with Crippen LogP contribution in [0, 0.1) is 0 Å². The molecule has 0 unspecified atom stereocenters. The molecule has 1 amide bonds. The third-order valence-corrected chi connectivity index (χ3v) is 5.17. The van der Waals surface area contributed by atoms with Crippen LogP contribution in [-0.4, -0.2) is 17.2 Å². The van der Waals surface area contributed by atoms with E-state index < -0.39 is 41.3 Å². The Balaban J connectivity index is 1.81. The predicted molar refractivity (Wildman–Crippen MR) is 101 cm³/mol. The number of anilines is 1. The summed E-state index contributed by atoms with van der Waals surface area (Å²) in [5, 5.41) is 2.98. The van der Waals surface area contributed by atoms with E-state index in [9.17, 15) is 31.1 Å². The number of ether oxygens (including phenoxy) is 1. The number of para-hydroxylation sites is 1. The van der Waals surface area contributed by atoms with Gasteiger partial charge in [-0.25, -0.2) is 4.79 Å². The first kappa shape index (κ1) is 21.2. The van der Waals surface area contributed by atoms with E-state index in [1.165, 1.54) is 4.57 Å². The Morgan fingerprint density at radius 3 is 2.26 bits per heavy atom. The fourth-order valence-corrected chi connectivity index (χ4v) is 3.86. The molecule has 0 bridgehead atoms. The van der Waals surface area contributed by atoms with Crippen molar-refractivity contribution in [3.8, 4) is 0 Å². The summed E-state index contributed by atoms with van der Waals surface area (Å²) in [6, 6.07) is 7.04. The number of benzene rings is 2. The van der Waals surface area contributed by atoms with Gasteiger partial charge in [-0.1, -0.05) is 18.2 Å². The molecular formula is C21H16F6N2O2. The first-order valence-corrected chi connectivity index (χ1v) is 9.31. The standard InChI is InChI=1S/C21H16F6N2O2/c1-11-18-16(6-7-31-11)15-4-2-3-5-17(15)29(18)19(30)28-14-9-12(20(22,23)24)8-13(10-14)21(25,26)27/h2-5,8-11H,6-7H2,1H3,(H,28,30)/t11-/m0/s1. The third-order valence-electron chi connectivity index (χ3n) is 5.17. The molecule has 1 N–H and O–H groups in total. The number of carbonyl (C=O) groups is 1. The summed E-state index contributed by atoms with van der Waals surface area (Å²) in [4.78, 5) is 13.1. The zero-order valence-corrected chi connectivity index (χ0v) is 16.1. The molecule has 0 fully saturated rings. The lowest BCUT2D eigenvalue weighted by Crippen LogP contribution is -2.25. The topological polar surface area (TPSA) is 43.3 Å². The van der Waals surface area contributed by atoms with Crippen LogP contribution in [0.25, 0.3) is 10.9 Å². The van der Waals surface area contributed by atoms with Crippen molar-refractivity contribution in [2.24, 2.45) is 0 Å². The van der Waals surface area contributed by atoms with E-state index in [1.807, 2.05) is 6.07 Å². The van der Waals surface area contributed by atoms with Gasteiger partial charge in [-0.3, -0.25) is 4.57 Å². The number of fused-ring (bicyclic) bond motifs is 3. The fraction of sp³-hybridized carbons (Fsp3) is 0.286. The van der Waals surface area contributed by atoms with Crippen LogP contribution in [0.2, 0.25) is 0 Å². The zero-order valence-electron chi connectivity index (χ0n) is 16.1. The average molecular weight is 442 g/mol. The van der Waals surface area contributed by atoms with Crippen molar-refractivity contribution in [2.75, 3.05) is 11.9 Å². The van der Waals surface area contributed by atoms with Gasteiger partial charge in [0.15, 0.2) is 0 Å². The quantitative estimate of drug-likeness (QED) is 0.444. The number of rotatable bonds is 1. The Bertz CT molecular complexity index is 1130. The Kier molecular flexibility index (Phi) is 5.00. The van der Waals surface area contributed by atoms with E-state index in [2.05, 4.69) is 5.32 Å². The van der Waals surface area contributed by atoms with Crippen LogP contribution in [0.4, 0.5) is 36.8 Å². The lowest BCUT2D eigenvalue weighted by Gasteiger charge is -2.23. The van der Waals surface area contributed by atoms with Crippen LogP contribution in [-0.2, 0) is 23.5 Å². The minimum atomic E-state index is -5.01. The molecule has 164 valence electrons. The van der Waals surface area contributed by atoms with E-state index in [1.54, 1.807) is 25.1 Å². The fourth-order valence-electron chi connectivity index (χ4n) is 3.86. The van der Waals surface area contributed by atoms with Crippen molar-refractivity contribution in [1.82, 2.24) is 4.57 Å². The van der Waals surface area contributed by atoms with Gasteiger partial charge in [-0.2, -0.15) is 26.3 Å². The maximum Gasteiger partial charge on any atom is 0.416 e. The molecule has 0 spiro atoms. The highest BCUT2D eigenvalue weighted by atomic mass is 19.4. The van der Waals surface area contributed by atoms with Crippen LogP contribution in [0.1, 0.15) is 35.4 Å². The Morgan fingerprint density at radius 1 is 1.03 bits per heavy atom. The smallest absolute Gasteiger partial charge is 0.372 e. The Labute approximate surface area is 172 Å². The molecule has 1 aliphatic rings. The van der Waals surface area contributed by atoms with Crippen molar-refractivity contribution in [2.45, 2.75) is 31.8 Å². The number of aromatic nitrogens is 1. The molecule has 31 heavy (non-hydrogen) atoms. The monoisotopic (exact) mass is 442 g/mol. The maximum atomic E-state index is 13.1. The highest BCUT2D eigenvalue weighted by molar-refractivity contribution is 6.01. The minimum absolute atomic E-state index is 0.0124. The minimum Gasteiger partial charge on any atom is -0.372 e. The lowest BCUT2D eigenvalue weighted by atomic mass is 10.0. The van der Waals surface area contributed by atoms with Crippen LogP contribution < -0.4 is 5.32 Å². The van der Waals surface area contributed by atoms with Crippen molar-refractivity contribution < 1.29 is 35.9 Å². The van der Waals surface area contributed by atoms with E-state index in [0.29, 0.717) is 36.4 Å². The predicted octanol–water partition coefficient (Wildman–Crippen LogP) is 6.39. The van der Waals surface area contributed by atoms with Crippen molar-refractivity contribution in [3.63, 3.8) is 0 Å². The summed E-state index contributed by atoms with van der Waals surface area (Å²) in [7, 11) is 0. The van der Waals surface area contributed by atoms with Gasteiger partial charge >= 0.3 is 18.4 Å². The van der Waals surface area contributed by atoms with E-state index in [-0.39, 0.29) is 6.07 Å².